The minimum Gasteiger partial charge on any atom is -0.357 e. The van der Waals surface area contributed by atoms with Crippen molar-refractivity contribution in [2.75, 3.05) is 24.5 Å². The quantitative estimate of drug-likeness (QED) is 0.722. The summed E-state index contributed by atoms with van der Waals surface area (Å²) < 4.78 is 0. The Hall–Kier alpha value is -2.60. The summed E-state index contributed by atoms with van der Waals surface area (Å²) in [6, 6.07) is 12.0. The molecule has 6 nitrogen and oxygen atoms in total. The highest BCUT2D eigenvalue weighted by Crippen LogP contribution is 2.30. The molecule has 0 atom stereocenters. The van der Waals surface area contributed by atoms with Gasteiger partial charge in [0.2, 0.25) is 5.91 Å². The van der Waals surface area contributed by atoms with Crippen LogP contribution in [0.4, 0.5) is 5.82 Å². The number of nitrogens with zero attached hydrogens (tertiary/aromatic N) is 4. The van der Waals surface area contributed by atoms with Crippen molar-refractivity contribution in [2.45, 2.75) is 25.8 Å². The molecule has 144 valence electrons. The van der Waals surface area contributed by atoms with Crippen LogP contribution in [0.2, 0.25) is 5.15 Å². The molecule has 1 saturated heterocycles. The maximum Gasteiger partial charge on any atom is 0.226 e. The fourth-order valence-electron chi connectivity index (χ4n) is 4.47. The number of para-hydroxylation sites is 1. The highest BCUT2D eigenvalue weighted by Gasteiger charge is 2.31. The monoisotopic (exact) mass is 395 g/mol. The first-order valence-corrected chi connectivity index (χ1v) is 10.2. The van der Waals surface area contributed by atoms with E-state index < -0.39 is 0 Å². The number of carbonyl (C=O) groups is 1. The fraction of sp³-hybridized carbons (Fsp3) is 0.381. The number of rotatable bonds is 2. The smallest absolute Gasteiger partial charge is 0.226 e. The van der Waals surface area contributed by atoms with Gasteiger partial charge in [-0.15, -0.1) is 10.2 Å². The predicted molar refractivity (Wildman–Crippen MR) is 109 cm³/mol. The minimum atomic E-state index is 0.0856. The number of nitrogens with one attached hydrogen (secondary N) is 1. The molecule has 0 aliphatic carbocycles. The molecule has 1 amide bonds. The number of carbonyl (C=O) groups excluding carboxylic acids is 1. The molecule has 0 bridgehead atoms. The second kappa shape index (κ2) is 7.09. The molecular weight excluding hydrogens is 374 g/mol. The lowest BCUT2D eigenvalue weighted by molar-refractivity contribution is -0.137. The molecule has 0 radical (unpaired) electrons. The van der Waals surface area contributed by atoms with Crippen LogP contribution in [0.25, 0.3) is 10.9 Å². The number of H-pyrrole nitrogens is 1. The number of fused-ring (bicyclic) bond motifs is 3. The summed E-state index contributed by atoms with van der Waals surface area (Å²) in [5, 5.41) is 9.76. The molecule has 3 aromatic rings. The van der Waals surface area contributed by atoms with Crippen molar-refractivity contribution < 1.29 is 4.79 Å². The molecule has 0 unspecified atom stereocenters. The SMILES string of the molecule is O=C(C1CCN(c2ccc(Cl)nn2)CC1)N1CCc2c([nH]c3ccccc23)C1. The summed E-state index contributed by atoms with van der Waals surface area (Å²) in [6.07, 6.45) is 2.61. The second-order valence-electron chi connectivity index (χ2n) is 7.61. The summed E-state index contributed by atoms with van der Waals surface area (Å²) in [5.41, 5.74) is 3.73. The molecule has 2 aliphatic heterocycles. The molecular formula is C21H22ClN5O. The molecule has 4 heterocycles. The third-order valence-electron chi connectivity index (χ3n) is 5.98. The maximum atomic E-state index is 13.1. The molecule has 1 fully saturated rings. The van der Waals surface area contributed by atoms with E-state index in [2.05, 4.69) is 38.3 Å². The zero-order valence-electron chi connectivity index (χ0n) is 15.6. The van der Waals surface area contributed by atoms with E-state index in [0.717, 1.165) is 44.7 Å². The number of aromatic amines is 1. The van der Waals surface area contributed by atoms with Crippen LogP contribution in [0.5, 0.6) is 0 Å². The van der Waals surface area contributed by atoms with Crippen molar-refractivity contribution in [3.63, 3.8) is 0 Å². The van der Waals surface area contributed by atoms with E-state index in [-0.39, 0.29) is 11.8 Å². The van der Waals surface area contributed by atoms with E-state index in [0.29, 0.717) is 11.7 Å². The lowest BCUT2D eigenvalue weighted by atomic mass is 9.94. The van der Waals surface area contributed by atoms with Gasteiger partial charge >= 0.3 is 0 Å². The van der Waals surface area contributed by atoms with Gasteiger partial charge in [0.1, 0.15) is 0 Å². The van der Waals surface area contributed by atoms with Gasteiger partial charge in [-0.25, -0.2) is 0 Å². The highest BCUT2D eigenvalue weighted by atomic mass is 35.5. The molecule has 2 aliphatic rings. The van der Waals surface area contributed by atoms with Crippen LogP contribution in [-0.4, -0.2) is 45.6 Å². The lowest BCUT2D eigenvalue weighted by Crippen LogP contribution is -2.44. The minimum absolute atomic E-state index is 0.0856. The van der Waals surface area contributed by atoms with Gasteiger partial charge in [0.05, 0.1) is 6.54 Å². The fourth-order valence-corrected chi connectivity index (χ4v) is 4.57. The summed E-state index contributed by atoms with van der Waals surface area (Å²) in [6.45, 7) is 3.12. The van der Waals surface area contributed by atoms with Gasteiger partial charge in [-0.05, 0) is 43.0 Å². The van der Waals surface area contributed by atoms with E-state index in [1.165, 1.54) is 22.2 Å². The summed E-state index contributed by atoms with van der Waals surface area (Å²) >= 11 is 5.82. The Kier molecular flexibility index (Phi) is 4.43. The normalized spacial score (nSPS) is 17.8. The highest BCUT2D eigenvalue weighted by molar-refractivity contribution is 6.29. The van der Waals surface area contributed by atoms with Crippen LogP contribution in [-0.2, 0) is 17.8 Å². The van der Waals surface area contributed by atoms with Crippen LogP contribution < -0.4 is 4.90 Å². The van der Waals surface area contributed by atoms with Gasteiger partial charge < -0.3 is 14.8 Å². The Balaban J connectivity index is 1.24. The van der Waals surface area contributed by atoms with Gasteiger partial charge in [0.25, 0.3) is 0 Å². The van der Waals surface area contributed by atoms with Crippen molar-refractivity contribution >= 4 is 34.2 Å². The average Bonchev–Trinajstić information content (AvgIpc) is 3.12. The predicted octanol–water partition coefficient (Wildman–Crippen LogP) is 3.41. The first-order chi connectivity index (χ1) is 13.7. The van der Waals surface area contributed by atoms with E-state index in [1.54, 1.807) is 6.07 Å². The van der Waals surface area contributed by atoms with Gasteiger partial charge in [0, 0.05) is 42.1 Å². The number of benzene rings is 1. The molecule has 5 rings (SSSR count). The number of halogens is 1. The Bertz CT molecular complexity index is 1010. The number of amides is 1. The molecule has 0 saturated carbocycles. The average molecular weight is 396 g/mol. The first-order valence-electron chi connectivity index (χ1n) is 9.80. The van der Waals surface area contributed by atoms with Crippen molar-refractivity contribution in [3.8, 4) is 0 Å². The largest absolute Gasteiger partial charge is 0.357 e. The molecule has 1 N–H and O–H groups in total. The van der Waals surface area contributed by atoms with E-state index in [4.69, 9.17) is 11.6 Å². The number of aromatic nitrogens is 3. The van der Waals surface area contributed by atoms with Crippen molar-refractivity contribution in [1.29, 1.82) is 0 Å². The number of anilines is 1. The Morgan fingerprint density at radius 3 is 2.68 bits per heavy atom. The van der Waals surface area contributed by atoms with Gasteiger partial charge in [0.15, 0.2) is 11.0 Å². The van der Waals surface area contributed by atoms with Crippen molar-refractivity contribution in [3.05, 3.63) is 52.8 Å². The van der Waals surface area contributed by atoms with E-state index in [1.807, 2.05) is 17.0 Å². The third-order valence-corrected chi connectivity index (χ3v) is 6.18. The number of hydrogen-bond donors (Lipinski definition) is 1. The third kappa shape index (κ3) is 3.11. The van der Waals surface area contributed by atoms with Crippen molar-refractivity contribution in [2.24, 2.45) is 5.92 Å². The van der Waals surface area contributed by atoms with Crippen LogP contribution in [0.15, 0.2) is 36.4 Å². The Morgan fingerprint density at radius 2 is 1.89 bits per heavy atom. The van der Waals surface area contributed by atoms with Gasteiger partial charge in [-0.1, -0.05) is 29.8 Å². The maximum absolute atomic E-state index is 13.1. The van der Waals surface area contributed by atoms with Crippen molar-refractivity contribution in [1.82, 2.24) is 20.1 Å². The summed E-state index contributed by atoms with van der Waals surface area (Å²) in [4.78, 5) is 20.8. The summed E-state index contributed by atoms with van der Waals surface area (Å²) in [5.74, 6) is 1.20. The molecule has 0 spiro atoms. The zero-order valence-corrected chi connectivity index (χ0v) is 16.3. The van der Waals surface area contributed by atoms with E-state index in [9.17, 15) is 4.79 Å². The van der Waals surface area contributed by atoms with Gasteiger partial charge in [-0.3, -0.25) is 4.79 Å². The Labute approximate surface area is 168 Å². The first kappa shape index (κ1) is 17.5. The van der Waals surface area contributed by atoms with Gasteiger partial charge in [-0.2, -0.15) is 0 Å². The Morgan fingerprint density at radius 1 is 1.07 bits per heavy atom. The van der Waals surface area contributed by atoms with Crippen LogP contribution in [0.3, 0.4) is 0 Å². The van der Waals surface area contributed by atoms with Crippen LogP contribution in [0, 0.1) is 5.92 Å². The second-order valence-corrected chi connectivity index (χ2v) is 8.00. The summed E-state index contributed by atoms with van der Waals surface area (Å²) in [7, 11) is 0. The van der Waals surface area contributed by atoms with E-state index >= 15 is 0 Å². The van der Waals surface area contributed by atoms with Crippen LogP contribution in [0.1, 0.15) is 24.1 Å². The zero-order chi connectivity index (χ0) is 19.1. The molecule has 2 aromatic heterocycles. The number of hydrogen-bond acceptors (Lipinski definition) is 4. The topological polar surface area (TPSA) is 65.1 Å². The standard InChI is InChI=1S/C21H22ClN5O/c22-19-5-6-20(25-24-19)26-10-7-14(8-11-26)21(28)27-12-9-16-15-3-1-2-4-17(15)23-18(16)13-27/h1-6,14,23H,7-13H2. The lowest BCUT2D eigenvalue weighted by Gasteiger charge is -2.35. The molecule has 1 aromatic carbocycles. The number of piperidine rings is 1. The molecule has 28 heavy (non-hydrogen) atoms. The van der Waals surface area contributed by atoms with Crippen LogP contribution >= 0.6 is 11.6 Å². The molecule has 7 heteroatoms.